The van der Waals surface area contributed by atoms with Crippen molar-refractivity contribution in [2.24, 2.45) is 0 Å². The van der Waals surface area contributed by atoms with E-state index < -0.39 is 0 Å². The average Bonchev–Trinajstić information content (AvgIpc) is 2.78. The van der Waals surface area contributed by atoms with Crippen molar-refractivity contribution < 1.29 is 5.11 Å². The molecule has 3 rings (SSSR count). The maximum Gasteiger partial charge on any atom is 0.140 e. The molecule has 0 saturated heterocycles. The maximum atomic E-state index is 9.69. The summed E-state index contributed by atoms with van der Waals surface area (Å²) in [5, 5.41) is 9.69. The minimum absolute atomic E-state index is 0.0767. The Kier molecular flexibility index (Phi) is 2.63. The van der Waals surface area contributed by atoms with Crippen molar-refractivity contribution in [1.82, 2.24) is 9.55 Å². The van der Waals surface area contributed by atoms with Crippen LogP contribution in [0.1, 0.15) is 12.7 Å². The molecule has 1 heterocycles. The maximum absolute atomic E-state index is 9.69. The van der Waals surface area contributed by atoms with Gasteiger partial charge in [-0.3, -0.25) is 4.57 Å². The fourth-order valence-corrected chi connectivity index (χ4v) is 2.28. The first kappa shape index (κ1) is 11.6. The number of aromatic hydroxyl groups is 1. The van der Waals surface area contributed by atoms with E-state index >= 15 is 0 Å². The monoisotopic (exact) mass is 253 g/mol. The highest BCUT2D eigenvalue weighted by Gasteiger charge is 2.13. The van der Waals surface area contributed by atoms with Gasteiger partial charge in [-0.05, 0) is 18.2 Å². The molecule has 1 aromatic heterocycles. The lowest BCUT2D eigenvalue weighted by Gasteiger charge is -2.08. The molecule has 0 aliphatic rings. The Bertz CT molecular complexity index is 732. The number of imidazole rings is 1. The third kappa shape index (κ3) is 1.81. The molecule has 0 bridgehead atoms. The molecule has 0 fully saturated rings. The van der Waals surface area contributed by atoms with Gasteiger partial charge in [-0.2, -0.15) is 0 Å². The lowest BCUT2D eigenvalue weighted by Crippen LogP contribution is -1.99. The lowest BCUT2D eigenvalue weighted by molar-refractivity contribution is 0.478. The Hall–Kier alpha value is -2.49. The van der Waals surface area contributed by atoms with Gasteiger partial charge in [-0.1, -0.05) is 25.1 Å². The molecule has 0 amide bonds. The summed E-state index contributed by atoms with van der Waals surface area (Å²) in [5.74, 6) is 1.03. The third-order valence-electron chi connectivity index (χ3n) is 3.20. The number of hydrogen-bond acceptors (Lipinski definition) is 3. The number of anilines is 1. The first-order chi connectivity index (χ1) is 9.20. The zero-order chi connectivity index (χ0) is 13.4. The van der Waals surface area contributed by atoms with Crippen LogP contribution in [0.3, 0.4) is 0 Å². The Morgan fingerprint density at radius 3 is 2.63 bits per heavy atom. The number of phenolic OH excluding ortho intramolecular Hbond substituents is 1. The van der Waals surface area contributed by atoms with Gasteiger partial charge in [0.1, 0.15) is 11.6 Å². The number of nitrogen functional groups attached to an aromatic ring is 1. The van der Waals surface area contributed by atoms with Crippen LogP contribution in [0, 0.1) is 0 Å². The van der Waals surface area contributed by atoms with Crippen LogP contribution in [-0.4, -0.2) is 14.7 Å². The highest BCUT2D eigenvalue weighted by molar-refractivity contribution is 5.84. The van der Waals surface area contributed by atoms with E-state index in [1.807, 2.05) is 30.3 Å². The minimum atomic E-state index is 0.0767. The fourth-order valence-electron chi connectivity index (χ4n) is 2.28. The van der Waals surface area contributed by atoms with Gasteiger partial charge in [0.25, 0.3) is 0 Å². The van der Waals surface area contributed by atoms with Crippen molar-refractivity contribution in [3.8, 4) is 11.4 Å². The molecule has 4 nitrogen and oxygen atoms in total. The predicted molar refractivity (Wildman–Crippen MR) is 76.5 cm³/mol. The second-order valence-corrected chi connectivity index (χ2v) is 4.45. The van der Waals surface area contributed by atoms with Crippen LogP contribution in [0.2, 0.25) is 0 Å². The van der Waals surface area contributed by atoms with Gasteiger partial charge < -0.3 is 10.8 Å². The first-order valence-corrected chi connectivity index (χ1v) is 6.26. The van der Waals surface area contributed by atoms with Crippen LogP contribution in [0.4, 0.5) is 5.69 Å². The van der Waals surface area contributed by atoms with Gasteiger partial charge in [0.15, 0.2) is 0 Å². The summed E-state index contributed by atoms with van der Waals surface area (Å²) in [6.45, 7) is 2.06. The predicted octanol–water partition coefficient (Wildman–Crippen LogP) is 2.88. The largest absolute Gasteiger partial charge is 0.506 e. The molecule has 4 heteroatoms. The smallest absolute Gasteiger partial charge is 0.140 e. The van der Waals surface area contributed by atoms with E-state index in [0.717, 1.165) is 29.0 Å². The van der Waals surface area contributed by atoms with Gasteiger partial charge in [-0.25, -0.2) is 4.98 Å². The van der Waals surface area contributed by atoms with Crippen molar-refractivity contribution in [3.05, 3.63) is 48.3 Å². The molecule has 19 heavy (non-hydrogen) atoms. The molecule has 0 aliphatic heterocycles. The van der Waals surface area contributed by atoms with Crippen LogP contribution in [-0.2, 0) is 6.42 Å². The zero-order valence-corrected chi connectivity index (χ0v) is 10.7. The standard InChI is InChI=1S/C15H15N3O/c1-2-15-17-12-9-14(19)11(16)8-13(12)18(15)10-6-4-3-5-7-10/h3-9,19H,2,16H2,1H3. The van der Waals surface area contributed by atoms with E-state index in [-0.39, 0.29) is 5.75 Å². The summed E-state index contributed by atoms with van der Waals surface area (Å²) in [5.41, 5.74) is 8.88. The van der Waals surface area contributed by atoms with E-state index in [4.69, 9.17) is 5.73 Å². The summed E-state index contributed by atoms with van der Waals surface area (Å²) in [6.07, 6.45) is 0.810. The number of para-hydroxylation sites is 1. The second-order valence-electron chi connectivity index (χ2n) is 4.45. The fraction of sp³-hybridized carbons (Fsp3) is 0.133. The number of phenols is 1. The highest BCUT2D eigenvalue weighted by Crippen LogP contribution is 2.29. The van der Waals surface area contributed by atoms with E-state index in [0.29, 0.717) is 5.69 Å². The van der Waals surface area contributed by atoms with Gasteiger partial charge in [0, 0.05) is 18.2 Å². The summed E-state index contributed by atoms with van der Waals surface area (Å²) < 4.78 is 2.07. The molecule has 3 aromatic rings. The molecule has 0 unspecified atom stereocenters. The number of benzene rings is 2. The van der Waals surface area contributed by atoms with Gasteiger partial charge in [0.2, 0.25) is 0 Å². The number of rotatable bonds is 2. The average molecular weight is 253 g/mol. The van der Waals surface area contributed by atoms with Crippen LogP contribution < -0.4 is 5.73 Å². The highest BCUT2D eigenvalue weighted by atomic mass is 16.3. The normalized spacial score (nSPS) is 11.0. The Balaban J connectivity index is 2.36. The second kappa shape index (κ2) is 4.31. The SMILES string of the molecule is CCc1nc2cc(O)c(N)cc2n1-c1ccccc1. The molecule has 0 aliphatic carbocycles. The van der Waals surface area contributed by atoms with E-state index in [1.165, 1.54) is 0 Å². The summed E-state index contributed by atoms with van der Waals surface area (Å²) in [4.78, 5) is 4.56. The van der Waals surface area contributed by atoms with Crippen LogP contribution in [0.25, 0.3) is 16.7 Å². The first-order valence-electron chi connectivity index (χ1n) is 6.26. The van der Waals surface area contributed by atoms with Gasteiger partial charge in [0.05, 0.1) is 16.7 Å². The number of hydrogen-bond donors (Lipinski definition) is 2. The number of aromatic nitrogens is 2. The molecule has 96 valence electrons. The van der Waals surface area contributed by atoms with Crippen LogP contribution >= 0.6 is 0 Å². The van der Waals surface area contributed by atoms with Crippen molar-refractivity contribution in [2.75, 3.05) is 5.73 Å². The van der Waals surface area contributed by atoms with Crippen molar-refractivity contribution in [3.63, 3.8) is 0 Å². The van der Waals surface area contributed by atoms with Crippen LogP contribution in [0.15, 0.2) is 42.5 Å². The van der Waals surface area contributed by atoms with Gasteiger partial charge in [-0.15, -0.1) is 0 Å². The molecule has 0 radical (unpaired) electrons. The molecule has 0 atom stereocenters. The van der Waals surface area contributed by atoms with Crippen molar-refractivity contribution in [2.45, 2.75) is 13.3 Å². The van der Waals surface area contributed by atoms with Crippen molar-refractivity contribution >= 4 is 16.7 Å². The Morgan fingerprint density at radius 1 is 1.21 bits per heavy atom. The zero-order valence-electron chi connectivity index (χ0n) is 10.7. The van der Waals surface area contributed by atoms with Gasteiger partial charge >= 0.3 is 0 Å². The molecule has 3 N–H and O–H groups in total. The van der Waals surface area contributed by atoms with Crippen LogP contribution in [0.5, 0.6) is 5.75 Å². The number of aryl methyl sites for hydroxylation is 1. The van der Waals surface area contributed by atoms with E-state index in [9.17, 15) is 5.11 Å². The lowest BCUT2D eigenvalue weighted by atomic mass is 10.2. The summed E-state index contributed by atoms with van der Waals surface area (Å²) >= 11 is 0. The third-order valence-corrected chi connectivity index (χ3v) is 3.20. The van der Waals surface area contributed by atoms with E-state index in [2.05, 4.69) is 16.5 Å². The number of fused-ring (bicyclic) bond motifs is 1. The Labute approximate surface area is 111 Å². The number of nitrogens with zero attached hydrogens (tertiary/aromatic N) is 2. The van der Waals surface area contributed by atoms with E-state index in [1.54, 1.807) is 12.1 Å². The number of nitrogens with two attached hydrogens (primary N) is 1. The molecule has 0 saturated carbocycles. The quantitative estimate of drug-likeness (QED) is 0.545. The molecule has 0 spiro atoms. The summed E-state index contributed by atoms with van der Waals surface area (Å²) in [6, 6.07) is 13.4. The summed E-state index contributed by atoms with van der Waals surface area (Å²) in [7, 11) is 0. The molecular formula is C15H15N3O. The van der Waals surface area contributed by atoms with Crippen molar-refractivity contribution in [1.29, 1.82) is 0 Å². The topological polar surface area (TPSA) is 64.1 Å². The Morgan fingerprint density at radius 2 is 1.95 bits per heavy atom. The minimum Gasteiger partial charge on any atom is -0.506 e. The molecular weight excluding hydrogens is 238 g/mol. The molecule has 2 aromatic carbocycles.